The van der Waals surface area contributed by atoms with Crippen molar-refractivity contribution in [3.8, 4) is 5.75 Å². The third-order valence-electron chi connectivity index (χ3n) is 2.96. The van der Waals surface area contributed by atoms with E-state index in [-0.39, 0.29) is 27.0 Å². The Bertz CT molecular complexity index is 767. The zero-order chi connectivity index (χ0) is 17.0. The van der Waals surface area contributed by atoms with E-state index in [1.54, 1.807) is 0 Å². The molecule has 0 spiro atoms. The van der Waals surface area contributed by atoms with E-state index in [1.807, 2.05) is 6.92 Å². The molecule has 0 atom stereocenters. The van der Waals surface area contributed by atoms with Gasteiger partial charge in [0.25, 0.3) is 5.56 Å². The number of carbonyl (C=O) groups is 1. The normalized spacial score (nSPS) is 10.6. The molecule has 1 heterocycles. The lowest BCUT2D eigenvalue weighted by Crippen LogP contribution is -2.25. The van der Waals surface area contributed by atoms with Gasteiger partial charge in [0, 0.05) is 17.6 Å². The molecule has 0 N–H and O–H groups in total. The van der Waals surface area contributed by atoms with Gasteiger partial charge in [-0.05, 0) is 24.6 Å². The molecule has 0 saturated heterocycles. The summed E-state index contributed by atoms with van der Waals surface area (Å²) in [7, 11) is 0. The Balaban J connectivity index is 2.26. The van der Waals surface area contributed by atoms with Crippen molar-refractivity contribution < 1.29 is 9.53 Å². The van der Waals surface area contributed by atoms with E-state index >= 15 is 0 Å². The van der Waals surface area contributed by atoms with E-state index in [0.717, 1.165) is 12.8 Å². The Morgan fingerprint density at radius 1 is 1.22 bits per heavy atom. The maximum Gasteiger partial charge on any atom is 0.364 e. The fourth-order valence-electron chi connectivity index (χ4n) is 1.80. The first-order valence-electron chi connectivity index (χ1n) is 6.87. The molecule has 23 heavy (non-hydrogen) atoms. The molecule has 0 amide bonds. The molecule has 2 rings (SSSR count). The summed E-state index contributed by atoms with van der Waals surface area (Å²) in [6.07, 6.45) is 1.68. The molecule has 0 aliphatic heterocycles. The molecule has 0 aliphatic carbocycles. The van der Waals surface area contributed by atoms with Gasteiger partial charge in [0.15, 0.2) is 11.4 Å². The van der Waals surface area contributed by atoms with E-state index in [2.05, 4.69) is 5.10 Å². The van der Waals surface area contributed by atoms with Crippen molar-refractivity contribution in [1.82, 2.24) is 9.78 Å². The number of hydrogen-bond donors (Lipinski definition) is 0. The minimum absolute atomic E-state index is 0.00385. The number of rotatable bonds is 5. The van der Waals surface area contributed by atoms with Gasteiger partial charge in [0.2, 0.25) is 0 Å². The van der Waals surface area contributed by atoms with E-state index in [4.69, 9.17) is 39.5 Å². The average molecular weight is 376 g/mol. The molecule has 0 aliphatic rings. The zero-order valence-corrected chi connectivity index (χ0v) is 14.5. The molecule has 0 bridgehead atoms. The molecule has 0 unspecified atom stereocenters. The Kier molecular flexibility index (Phi) is 6.04. The van der Waals surface area contributed by atoms with Gasteiger partial charge in [-0.3, -0.25) is 4.79 Å². The minimum atomic E-state index is -0.763. The van der Waals surface area contributed by atoms with Crippen LogP contribution in [0.15, 0.2) is 29.1 Å². The number of aromatic nitrogens is 2. The summed E-state index contributed by atoms with van der Waals surface area (Å²) in [5.74, 6) is -0.766. The molecule has 0 saturated carbocycles. The van der Waals surface area contributed by atoms with Crippen molar-refractivity contribution >= 4 is 40.8 Å². The summed E-state index contributed by atoms with van der Waals surface area (Å²) < 4.78 is 6.40. The van der Waals surface area contributed by atoms with Crippen molar-refractivity contribution in [2.45, 2.75) is 26.3 Å². The Morgan fingerprint density at radius 3 is 2.48 bits per heavy atom. The Morgan fingerprint density at radius 2 is 1.87 bits per heavy atom. The third kappa shape index (κ3) is 4.47. The molecule has 0 fully saturated rings. The molecule has 0 radical (unpaired) electrons. The summed E-state index contributed by atoms with van der Waals surface area (Å²) in [6.45, 7) is 2.42. The first-order chi connectivity index (χ1) is 10.9. The molecular weight excluding hydrogens is 363 g/mol. The lowest BCUT2D eigenvalue weighted by Gasteiger charge is -2.09. The number of esters is 1. The number of carbonyl (C=O) groups excluding carboxylic acids is 1. The van der Waals surface area contributed by atoms with Gasteiger partial charge in [-0.25, -0.2) is 9.48 Å². The lowest BCUT2D eigenvalue weighted by molar-refractivity contribution is 0.0725. The second-order valence-electron chi connectivity index (χ2n) is 4.72. The second kappa shape index (κ2) is 7.81. The van der Waals surface area contributed by atoms with Gasteiger partial charge < -0.3 is 4.74 Å². The maximum absolute atomic E-state index is 12.2. The van der Waals surface area contributed by atoms with Crippen LogP contribution in [0.1, 0.15) is 30.3 Å². The van der Waals surface area contributed by atoms with Gasteiger partial charge in [-0.1, -0.05) is 48.1 Å². The Hall–Kier alpha value is -1.56. The van der Waals surface area contributed by atoms with Crippen LogP contribution in [0.3, 0.4) is 0 Å². The fraction of sp³-hybridized carbons (Fsp3) is 0.267. The first kappa shape index (κ1) is 17.8. The van der Waals surface area contributed by atoms with Crippen molar-refractivity contribution in [3.05, 3.63) is 55.4 Å². The number of aryl methyl sites for hydroxylation is 1. The van der Waals surface area contributed by atoms with Gasteiger partial charge >= 0.3 is 5.97 Å². The molecule has 2 aromatic rings. The van der Waals surface area contributed by atoms with Gasteiger partial charge in [0.05, 0.1) is 10.0 Å². The Labute approximate surface area is 147 Å². The zero-order valence-electron chi connectivity index (χ0n) is 12.2. The van der Waals surface area contributed by atoms with Crippen LogP contribution in [-0.2, 0) is 6.54 Å². The highest BCUT2D eigenvalue weighted by molar-refractivity contribution is 6.40. The summed E-state index contributed by atoms with van der Waals surface area (Å²) in [5.41, 5.74) is -0.291. The van der Waals surface area contributed by atoms with E-state index in [0.29, 0.717) is 11.6 Å². The molecule has 5 nitrogen and oxygen atoms in total. The van der Waals surface area contributed by atoms with E-state index in [9.17, 15) is 9.59 Å². The highest BCUT2D eigenvalue weighted by Gasteiger charge is 2.17. The first-order valence-corrected chi connectivity index (χ1v) is 8.00. The van der Waals surface area contributed by atoms with Crippen LogP contribution in [0.5, 0.6) is 5.75 Å². The standard InChI is InChI=1S/C15H13Cl3N2O3/c1-2-3-6-20-13(21)5-4-12(19-20)15(22)23-14-10(17)7-9(16)8-11(14)18/h4-5,7-8H,2-3,6H2,1H3. The number of unbranched alkanes of at least 4 members (excludes halogenated alkanes) is 1. The van der Waals surface area contributed by atoms with Crippen molar-refractivity contribution in [1.29, 1.82) is 0 Å². The van der Waals surface area contributed by atoms with Crippen LogP contribution in [0.2, 0.25) is 15.1 Å². The smallest absolute Gasteiger partial charge is 0.364 e. The predicted molar refractivity (Wildman–Crippen MR) is 89.8 cm³/mol. The molecule has 8 heteroatoms. The summed E-state index contributed by atoms with van der Waals surface area (Å²) >= 11 is 17.7. The highest BCUT2D eigenvalue weighted by Crippen LogP contribution is 2.36. The second-order valence-corrected chi connectivity index (χ2v) is 5.97. The van der Waals surface area contributed by atoms with Crippen LogP contribution in [0.4, 0.5) is 0 Å². The largest absolute Gasteiger partial charge is 0.419 e. The van der Waals surface area contributed by atoms with Crippen LogP contribution >= 0.6 is 34.8 Å². The van der Waals surface area contributed by atoms with Crippen molar-refractivity contribution in [2.75, 3.05) is 0 Å². The van der Waals surface area contributed by atoms with Crippen LogP contribution < -0.4 is 10.3 Å². The van der Waals surface area contributed by atoms with E-state index < -0.39 is 5.97 Å². The summed E-state index contributed by atoms with van der Waals surface area (Å²) in [6, 6.07) is 5.38. The predicted octanol–water partition coefficient (Wildman–Crippen LogP) is 4.22. The number of halogens is 3. The van der Waals surface area contributed by atoms with Crippen LogP contribution in [0, 0.1) is 0 Å². The lowest BCUT2D eigenvalue weighted by atomic mass is 10.3. The summed E-state index contributed by atoms with van der Waals surface area (Å²) in [5, 5.41) is 4.54. The van der Waals surface area contributed by atoms with E-state index in [1.165, 1.54) is 28.9 Å². The SMILES string of the molecule is CCCCn1nc(C(=O)Oc2c(Cl)cc(Cl)cc2Cl)ccc1=O. The van der Waals surface area contributed by atoms with Gasteiger partial charge in [-0.15, -0.1) is 0 Å². The number of nitrogens with zero attached hydrogens (tertiary/aromatic N) is 2. The van der Waals surface area contributed by atoms with Gasteiger partial charge in [0.1, 0.15) is 0 Å². The molecule has 122 valence electrons. The molecular formula is C15H13Cl3N2O3. The van der Waals surface area contributed by atoms with Crippen LogP contribution in [-0.4, -0.2) is 15.7 Å². The van der Waals surface area contributed by atoms with Crippen LogP contribution in [0.25, 0.3) is 0 Å². The monoisotopic (exact) mass is 374 g/mol. The topological polar surface area (TPSA) is 61.2 Å². The highest BCUT2D eigenvalue weighted by atomic mass is 35.5. The number of benzene rings is 1. The third-order valence-corrected chi connectivity index (χ3v) is 3.74. The number of ether oxygens (including phenoxy) is 1. The molecule has 1 aromatic carbocycles. The fourth-order valence-corrected chi connectivity index (χ4v) is 2.69. The molecule has 1 aromatic heterocycles. The summed E-state index contributed by atoms with van der Waals surface area (Å²) in [4.78, 5) is 23.9. The maximum atomic E-state index is 12.2. The number of hydrogen-bond acceptors (Lipinski definition) is 4. The van der Waals surface area contributed by atoms with Gasteiger partial charge in [-0.2, -0.15) is 5.10 Å². The van der Waals surface area contributed by atoms with Crippen molar-refractivity contribution in [2.24, 2.45) is 0 Å². The quantitative estimate of drug-likeness (QED) is 0.580. The minimum Gasteiger partial charge on any atom is -0.419 e. The van der Waals surface area contributed by atoms with Crippen molar-refractivity contribution in [3.63, 3.8) is 0 Å². The average Bonchev–Trinajstić information content (AvgIpc) is 2.49.